The zero-order chi connectivity index (χ0) is 13.8. The van der Waals surface area contributed by atoms with Crippen molar-refractivity contribution < 1.29 is 4.79 Å². The first-order valence-corrected chi connectivity index (χ1v) is 7.37. The van der Waals surface area contributed by atoms with Crippen LogP contribution in [0.15, 0.2) is 46.9 Å². The van der Waals surface area contributed by atoms with Gasteiger partial charge >= 0.3 is 0 Å². The summed E-state index contributed by atoms with van der Waals surface area (Å²) < 4.78 is 0.852. The highest BCUT2D eigenvalue weighted by atomic mass is 79.9. The van der Waals surface area contributed by atoms with Crippen LogP contribution in [0.25, 0.3) is 0 Å². The minimum absolute atomic E-state index is 0.0377. The summed E-state index contributed by atoms with van der Waals surface area (Å²) in [6.07, 6.45) is 2.04. The molecule has 2 aromatic rings. The van der Waals surface area contributed by atoms with Crippen LogP contribution in [-0.2, 0) is 6.42 Å². The quantitative estimate of drug-likeness (QED) is 0.693. The minimum Gasteiger partial charge on any atom is -0.289 e. The Morgan fingerprint density at radius 3 is 2.74 bits per heavy atom. The van der Waals surface area contributed by atoms with Crippen LogP contribution in [-0.4, -0.2) is 5.78 Å². The summed E-state index contributed by atoms with van der Waals surface area (Å²) in [5, 5.41) is 0.481. The monoisotopic (exact) mass is 336 g/mol. The molecule has 0 aromatic heterocycles. The average molecular weight is 338 g/mol. The molecule has 98 valence electrons. The van der Waals surface area contributed by atoms with E-state index in [9.17, 15) is 4.79 Å². The molecule has 0 unspecified atom stereocenters. The maximum absolute atomic E-state index is 12.5. The van der Waals surface area contributed by atoms with Gasteiger partial charge < -0.3 is 0 Å². The molecule has 0 heterocycles. The van der Waals surface area contributed by atoms with Gasteiger partial charge in [0.25, 0.3) is 0 Å². The number of ketones is 1. The number of hydrogen-bond acceptors (Lipinski definition) is 1. The summed E-state index contributed by atoms with van der Waals surface area (Å²) in [4.78, 5) is 12.5. The minimum atomic E-state index is -0.0377. The summed E-state index contributed by atoms with van der Waals surface area (Å²) in [6, 6.07) is 13.1. The fraction of sp³-hybridized carbons (Fsp3) is 0.188. The van der Waals surface area contributed by atoms with Crippen molar-refractivity contribution in [2.45, 2.75) is 19.8 Å². The molecule has 0 aliphatic rings. The largest absolute Gasteiger partial charge is 0.289 e. The fourth-order valence-corrected chi connectivity index (χ4v) is 2.55. The third-order valence-electron chi connectivity index (χ3n) is 2.90. The molecule has 2 aromatic carbocycles. The highest BCUT2D eigenvalue weighted by Crippen LogP contribution is 2.24. The molecule has 0 aliphatic carbocycles. The zero-order valence-electron chi connectivity index (χ0n) is 10.6. The molecule has 0 saturated heterocycles. The number of hydrogen-bond donors (Lipinski definition) is 0. The van der Waals surface area contributed by atoms with E-state index in [1.807, 2.05) is 30.3 Å². The Morgan fingerprint density at radius 1 is 1.21 bits per heavy atom. The molecule has 19 heavy (non-hydrogen) atoms. The first-order chi connectivity index (χ1) is 9.11. The SMILES string of the molecule is CCCc1cccc(C(=O)c2cc(Br)ccc2Cl)c1. The molecule has 0 fully saturated rings. The Kier molecular flexibility index (Phi) is 4.78. The van der Waals surface area contributed by atoms with Crippen LogP contribution in [0, 0.1) is 0 Å². The van der Waals surface area contributed by atoms with E-state index in [0.29, 0.717) is 16.1 Å². The van der Waals surface area contributed by atoms with Crippen LogP contribution in [0.5, 0.6) is 0 Å². The van der Waals surface area contributed by atoms with Gasteiger partial charge in [-0.2, -0.15) is 0 Å². The third kappa shape index (κ3) is 3.46. The molecule has 0 atom stereocenters. The molecular formula is C16H14BrClO. The molecule has 1 nitrogen and oxygen atoms in total. The lowest BCUT2D eigenvalue weighted by atomic mass is 10.00. The number of halogens is 2. The van der Waals surface area contributed by atoms with E-state index in [4.69, 9.17) is 11.6 Å². The van der Waals surface area contributed by atoms with Crippen LogP contribution < -0.4 is 0 Å². The molecule has 0 bridgehead atoms. The van der Waals surface area contributed by atoms with Crippen molar-refractivity contribution >= 4 is 33.3 Å². The van der Waals surface area contributed by atoms with Gasteiger partial charge in [0.15, 0.2) is 5.78 Å². The van der Waals surface area contributed by atoms with Gasteiger partial charge in [-0.3, -0.25) is 4.79 Å². The first-order valence-electron chi connectivity index (χ1n) is 6.20. The van der Waals surface area contributed by atoms with Gasteiger partial charge in [0.05, 0.1) is 5.02 Å². The van der Waals surface area contributed by atoms with Crippen LogP contribution in [0.1, 0.15) is 34.8 Å². The predicted molar refractivity (Wildman–Crippen MR) is 83.0 cm³/mol. The Balaban J connectivity index is 2.38. The summed E-state index contributed by atoms with van der Waals surface area (Å²) in [6.45, 7) is 2.12. The van der Waals surface area contributed by atoms with Gasteiger partial charge in [-0.05, 0) is 36.2 Å². The molecule has 0 N–H and O–H groups in total. The van der Waals surface area contributed by atoms with Crippen LogP contribution >= 0.6 is 27.5 Å². The zero-order valence-corrected chi connectivity index (χ0v) is 13.0. The molecular weight excluding hydrogens is 324 g/mol. The topological polar surface area (TPSA) is 17.1 Å². The Bertz CT molecular complexity index is 607. The maximum Gasteiger partial charge on any atom is 0.194 e. The van der Waals surface area contributed by atoms with E-state index in [0.717, 1.165) is 17.3 Å². The second-order valence-electron chi connectivity index (χ2n) is 4.40. The second kappa shape index (κ2) is 6.36. The van der Waals surface area contributed by atoms with E-state index in [1.54, 1.807) is 12.1 Å². The van der Waals surface area contributed by atoms with Crippen molar-refractivity contribution in [3.05, 3.63) is 68.7 Å². The van der Waals surface area contributed by atoms with Gasteiger partial charge in [-0.25, -0.2) is 0 Å². The number of aryl methyl sites for hydroxylation is 1. The molecule has 0 saturated carbocycles. The number of carbonyl (C=O) groups is 1. The van der Waals surface area contributed by atoms with E-state index < -0.39 is 0 Å². The van der Waals surface area contributed by atoms with Gasteiger partial charge in [0.1, 0.15) is 0 Å². The van der Waals surface area contributed by atoms with Crippen molar-refractivity contribution in [1.29, 1.82) is 0 Å². The number of carbonyl (C=O) groups excluding carboxylic acids is 1. The number of rotatable bonds is 4. The number of benzene rings is 2. The van der Waals surface area contributed by atoms with E-state index >= 15 is 0 Å². The Hall–Kier alpha value is -1.12. The molecule has 0 amide bonds. The van der Waals surface area contributed by atoms with Crippen molar-refractivity contribution in [3.8, 4) is 0 Å². The normalized spacial score (nSPS) is 10.5. The Morgan fingerprint density at radius 2 is 2.00 bits per heavy atom. The van der Waals surface area contributed by atoms with Gasteiger partial charge in [-0.15, -0.1) is 0 Å². The standard InChI is InChI=1S/C16H14BrClO/c1-2-4-11-5-3-6-12(9-11)16(19)14-10-13(17)7-8-15(14)18/h3,5-10H,2,4H2,1H3. The van der Waals surface area contributed by atoms with Crippen LogP contribution in [0.2, 0.25) is 5.02 Å². The maximum atomic E-state index is 12.5. The smallest absolute Gasteiger partial charge is 0.194 e. The summed E-state index contributed by atoms with van der Waals surface area (Å²) >= 11 is 9.47. The molecule has 2 rings (SSSR count). The lowest BCUT2D eigenvalue weighted by molar-refractivity contribution is 0.103. The molecule has 0 spiro atoms. The average Bonchev–Trinajstić information content (AvgIpc) is 2.41. The molecule has 0 radical (unpaired) electrons. The van der Waals surface area contributed by atoms with Gasteiger partial charge in [0, 0.05) is 15.6 Å². The fourth-order valence-electron chi connectivity index (χ4n) is 1.98. The molecule has 0 aliphatic heterocycles. The van der Waals surface area contributed by atoms with Gasteiger partial charge in [-0.1, -0.05) is 59.1 Å². The van der Waals surface area contributed by atoms with Crippen LogP contribution in [0.3, 0.4) is 0 Å². The van der Waals surface area contributed by atoms with E-state index in [-0.39, 0.29) is 5.78 Å². The van der Waals surface area contributed by atoms with Crippen molar-refractivity contribution in [2.75, 3.05) is 0 Å². The highest BCUT2D eigenvalue weighted by Gasteiger charge is 2.13. The highest BCUT2D eigenvalue weighted by molar-refractivity contribution is 9.10. The summed E-state index contributed by atoms with van der Waals surface area (Å²) in [7, 11) is 0. The van der Waals surface area contributed by atoms with Crippen LogP contribution in [0.4, 0.5) is 0 Å². The first kappa shape index (κ1) is 14.3. The van der Waals surface area contributed by atoms with Crippen molar-refractivity contribution in [3.63, 3.8) is 0 Å². The van der Waals surface area contributed by atoms with Gasteiger partial charge in [0.2, 0.25) is 0 Å². The lowest BCUT2D eigenvalue weighted by Gasteiger charge is -2.06. The van der Waals surface area contributed by atoms with E-state index in [2.05, 4.69) is 22.9 Å². The summed E-state index contributed by atoms with van der Waals surface area (Å²) in [5.74, 6) is -0.0377. The summed E-state index contributed by atoms with van der Waals surface area (Å²) in [5.41, 5.74) is 2.40. The predicted octanol–water partition coefficient (Wildman–Crippen LogP) is 5.29. The van der Waals surface area contributed by atoms with Crippen molar-refractivity contribution in [1.82, 2.24) is 0 Å². The van der Waals surface area contributed by atoms with E-state index in [1.165, 1.54) is 5.56 Å². The Labute approximate surface area is 126 Å². The van der Waals surface area contributed by atoms with Crippen molar-refractivity contribution in [2.24, 2.45) is 0 Å². The lowest BCUT2D eigenvalue weighted by Crippen LogP contribution is -2.03. The second-order valence-corrected chi connectivity index (χ2v) is 5.73. The third-order valence-corrected chi connectivity index (χ3v) is 3.72. The molecule has 3 heteroatoms.